The monoisotopic (exact) mass is 241 g/mol. The standard InChI is InChI=1S/C12H21BFNO2/c1-11(2)12(3,4)17-13(16-11)10(14)9-5-7-15-8-6-9/h15H,5-8H2,1-4H3. The molecule has 0 aliphatic carbocycles. The van der Waals surface area contributed by atoms with Gasteiger partial charge in [0.1, 0.15) is 5.73 Å². The molecule has 0 aromatic carbocycles. The van der Waals surface area contributed by atoms with Crippen LogP contribution in [0.4, 0.5) is 4.39 Å². The van der Waals surface area contributed by atoms with Crippen LogP contribution in [-0.2, 0) is 9.31 Å². The van der Waals surface area contributed by atoms with E-state index in [-0.39, 0.29) is 5.73 Å². The molecular formula is C12H21BFNO2. The van der Waals surface area contributed by atoms with E-state index in [2.05, 4.69) is 5.32 Å². The summed E-state index contributed by atoms with van der Waals surface area (Å²) in [4.78, 5) is 0. The minimum absolute atomic E-state index is 0.217. The quantitative estimate of drug-likeness (QED) is 0.714. The van der Waals surface area contributed by atoms with Crippen LogP contribution >= 0.6 is 0 Å². The summed E-state index contributed by atoms with van der Waals surface area (Å²) in [7, 11) is -0.826. The number of hydrogen-bond donors (Lipinski definition) is 1. The van der Waals surface area contributed by atoms with Crippen LogP contribution < -0.4 is 5.32 Å². The Morgan fingerprint density at radius 1 is 1.12 bits per heavy atom. The van der Waals surface area contributed by atoms with E-state index >= 15 is 0 Å². The summed E-state index contributed by atoms with van der Waals surface area (Å²) >= 11 is 0. The first-order chi connectivity index (χ1) is 7.83. The summed E-state index contributed by atoms with van der Waals surface area (Å²) in [6.45, 7) is 9.42. The van der Waals surface area contributed by atoms with Crippen molar-refractivity contribution >= 4 is 7.12 Å². The third kappa shape index (κ3) is 2.42. The lowest BCUT2D eigenvalue weighted by Crippen LogP contribution is -2.41. The van der Waals surface area contributed by atoms with E-state index in [1.807, 2.05) is 27.7 Å². The van der Waals surface area contributed by atoms with E-state index in [0.717, 1.165) is 31.5 Å². The van der Waals surface area contributed by atoms with E-state index in [4.69, 9.17) is 9.31 Å². The third-order valence-electron chi connectivity index (χ3n) is 4.01. The molecule has 2 aliphatic rings. The molecule has 0 bridgehead atoms. The van der Waals surface area contributed by atoms with Crippen molar-refractivity contribution in [3.63, 3.8) is 0 Å². The molecule has 2 heterocycles. The molecule has 96 valence electrons. The van der Waals surface area contributed by atoms with E-state index in [1.165, 1.54) is 0 Å². The highest BCUT2D eigenvalue weighted by atomic mass is 19.1. The molecule has 0 aromatic heterocycles. The Morgan fingerprint density at radius 3 is 2.06 bits per heavy atom. The molecule has 1 N–H and O–H groups in total. The summed E-state index contributed by atoms with van der Waals surface area (Å²) in [5, 5.41) is 3.21. The molecule has 0 unspecified atom stereocenters. The van der Waals surface area contributed by atoms with Gasteiger partial charge in [-0.2, -0.15) is 0 Å². The van der Waals surface area contributed by atoms with Crippen molar-refractivity contribution < 1.29 is 13.7 Å². The van der Waals surface area contributed by atoms with Gasteiger partial charge in [0.05, 0.1) is 11.2 Å². The van der Waals surface area contributed by atoms with Crippen LogP contribution in [-0.4, -0.2) is 31.4 Å². The molecule has 0 radical (unpaired) electrons. The molecule has 2 fully saturated rings. The zero-order chi connectivity index (χ0) is 12.7. The van der Waals surface area contributed by atoms with Crippen LogP contribution in [0.2, 0.25) is 0 Å². The van der Waals surface area contributed by atoms with Gasteiger partial charge in [0.15, 0.2) is 0 Å². The first-order valence-corrected chi connectivity index (χ1v) is 6.27. The Balaban J connectivity index is 2.15. The topological polar surface area (TPSA) is 30.5 Å². The number of nitrogens with one attached hydrogen (secondary N) is 1. The predicted octanol–water partition coefficient (Wildman–Crippen LogP) is 2.22. The van der Waals surface area contributed by atoms with Crippen molar-refractivity contribution in [3.05, 3.63) is 11.3 Å². The fourth-order valence-electron chi connectivity index (χ4n) is 2.08. The maximum absolute atomic E-state index is 14.3. The number of rotatable bonds is 1. The summed E-state index contributed by atoms with van der Waals surface area (Å²) in [6, 6.07) is 0. The second-order valence-corrected chi connectivity index (χ2v) is 5.79. The van der Waals surface area contributed by atoms with Gasteiger partial charge in [-0.3, -0.25) is 0 Å². The van der Waals surface area contributed by atoms with Crippen LogP contribution in [0.5, 0.6) is 0 Å². The van der Waals surface area contributed by atoms with Gasteiger partial charge in [-0.1, -0.05) is 0 Å². The van der Waals surface area contributed by atoms with Crippen LogP contribution in [0, 0.1) is 0 Å². The normalized spacial score (nSPS) is 27.4. The molecule has 5 heteroatoms. The SMILES string of the molecule is CC1(C)OB(C(F)=C2CCNCC2)OC1(C)C. The smallest absolute Gasteiger partial charge is 0.398 e. The van der Waals surface area contributed by atoms with Gasteiger partial charge in [0, 0.05) is 0 Å². The molecule has 0 atom stereocenters. The van der Waals surface area contributed by atoms with Gasteiger partial charge in [-0.15, -0.1) is 0 Å². The Morgan fingerprint density at radius 2 is 1.59 bits per heavy atom. The minimum atomic E-state index is -0.826. The summed E-state index contributed by atoms with van der Waals surface area (Å²) < 4.78 is 25.7. The van der Waals surface area contributed by atoms with E-state index in [9.17, 15) is 4.39 Å². The maximum atomic E-state index is 14.3. The van der Waals surface area contributed by atoms with Gasteiger partial charge in [0.25, 0.3) is 0 Å². The molecular weight excluding hydrogens is 220 g/mol. The highest BCUT2D eigenvalue weighted by molar-refractivity contribution is 6.53. The summed E-state index contributed by atoms with van der Waals surface area (Å²) in [6.07, 6.45) is 1.49. The zero-order valence-corrected chi connectivity index (χ0v) is 11.1. The maximum Gasteiger partial charge on any atom is 0.525 e. The fraction of sp³-hybridized carbons (Fsp3) is 0.833. The summed E-state index contributed by atoms with van der Waals surface area (Å²) in [5.74, 6) is 0. The van der Waals surface area contributed by atoms with Crippen molar-refractivity contribution in [2.45, 2.75) is 51.7 Å². The average Bonchev–Trinajstić information content (AvgIpc) is 2.48. The minimum Gasteiger partial charge on any atom is -0.398 e. The van der Waals surface area contributed by atoms with Crippen molar-refractivity contribution in [1.82, 2.24) is 5.32 Å². The van der Waals surface area contributed by atoms with Crippen LogP contribution in [0.15, 0.2) is 11.3 Å². The molecule has 0 spiro atoms. The number of hydrogen-bond acceptors (Lipinski definition) is 3. The fourth-order valence-corrected chi connectivity index (χ4v) is 2.08. The largest absolute Gasteiger partial charge is 0.525 e. The zero-order valence-electron chi connectivity index (χ0n) is 11.1. The van der Waals surface area contributed by atoms with E-state index in [1.54, 1.807) is 0 Å². The molecule has 17 heavy (non-hydrogen) atoms. The molecule has 0 amide bonds. The lowest BCUT2D eigenvalue weighted by molar-refractivity contribution is 0.00578. The molecule has 0 aromatic rings. The van der Waals surface area contributed by atoms with Crippen LogP contribution in [0.25, 0.3) is 0 Å². The molecule has 0 saturated carbocycles. The third-order valence-corrected chi connectivity index (χ3v) is 4.01. The number of halogens is 1. The Labute approximate surface area is 103 Å². The van der Waals surface area contributed by atoms with E-state index < -0.39 is 18.3 Å². The lowest BCUT2D eigenvalue weighted by atomic mass is 9.82. The average molecular weight is 241 g/mol. The summed E-state index contributed by atoms with van der Waals surface area (Å²) in [5.41, 5.74) is -0.322. The van der Waals surface area contributed by atoms with E-state index in [0.29, 0.717) is 0 Å². The lowest BCUT2D eigenvalue weighted by Gasteiger charge is -2.32. The van der Waals surface area contributed by atoms with Gasteiger partial charge in [0.2, 0.25) is 0 Å². The molecule has 2 saturated heterocycles. The molecule has 2 aliphatic heterocycles. The van der Waals surface area contributed by atoms with Gasteiger partial charge >= 0.3 is 7.12 Å². The highest BCUT2D eigenvalue weighted by Gasteiger charge is 2.53. The predicted molar refractivity (Wildman–Crippen MR) is 66.3 cm³/mol. The first kappa shape index (κ1) is 13.1. The Hall–Kier alpha value is -0.385. The van der Waals surface area contributed by atoms with Crippen LogP contribution in [0.3, 0.4) is 0 Å². The molecule has 2 rings (SSSR count). The van der Waals surface area contributed by atoms with Crippen molar-refractivity contribution in [1.29, 1.82) is 0 Å². The van der Waals surface area contributed by atoms with Crippen LogP contribution in [0.1, 0.15) is 40.5 Å². The Kier molecular flexibility index (Phi) is 3.36. The molecule has 3 nitrogen and oxygen atoms in total. The van der Waals surface area contributed by atoms with Crippen molar-refractivity contribution in [3.8, 4) is 0 Å². The van der Waals surface area contributed by atoms with Crippen molar-refractivity contribution in [2.75, 3.05) is 13.1 Å². The Bertz CT molecular complexity index is 317. The second kappa shape index (κ2) is 4.37. The van der Waals surface area contributed by atoms with Crippen molar-refractivity contribution in [2.24, 2.45) is 0 Å². The van der Waals surface area contributed by atoms with Gasteiger partial charge in [-0.25, -0.2) is 4.39 Å². The van der Waals surface area contributed by atoms with Gasteiger partial charge < -0.3 is 14.6 Å². The first-order valence-electron chi connectivity index (χ1n) is 6.27. The second-order valence-electron chi connectivity index (χ2n) is 5.79. The number of piperidine rings is 1. The highest BCUT2D eigenvalue weighted by Crippen LogP contribution is 2.39. The van der Waals surface area contributed by atoms with Gasteiger partial charge in [-0.05, 0) is 59.2 Å².